The molecule has 1 saturated heterocycles. The molecule has 0 radical (unpaired) electrons. The molecule has 2 rings (SSSR count). The Hall–Kier alpha value is -2.29. The van der Waals surface area contributed by atoms with E-state index >= 15 is 0 Å². The van der Waals surface area contributed by atoms with Crippen LogP contribution in [-0.2, 0) is 20.8 Å². The molecule has 6 nitrogen and oxygen atoms in total. The maximum atomic E-state index is 12.6. The second kappa shape index (κ2) is 8.81. The Bertz CT molecular complexity index is 676. The van der Waals surface area contributed by atoms with E-state index in [9.17, 15) is 22.8 Å². The predicted molar refractivity (Wildman–Crippen MR) is 95.4 cm³/mol. The summed E-state index contributed by atoms with van der Waals surface area (Å²) < 4.78 is 48.3. The summed E-state index contributed by atoms with van der Waals surface area (Å²) in [7, 11) is 1.08. The lowest BCUT2D eigenvalue weighted by Crippen LogP contribution is -2.56. The monoisotopic (exact) mass is 402 g/mol. The molecule has 0 aliphatic carbocycles. The van der Waals surface area contributed by atoms with Crippen molar-refractivity contribution in [2.45, 2.75) is 32.6 Å². The summed E-state index contributed by atoms with van der Waals surface area (Å²) in [4.78, 5) is 26.1. The molecule has 1 aromatic carbocycles. The van der Waals surface area contributed by atoms with Gasteiger partial charge in [-0.15, -0.1) is 0 Å². The van der Waals surface area contributed by atoms with Crippen LogP contribution in [0.5, 0.6) is 0 Å². The number of amides is 2. The molecule has 1 aromatic rings. The summed E-state index contributed by atoms with van der Waals surface area (Å²) in [6, 6.07) is 9.26. The lowest BCUT2D eigenvalue weighted by atomic mass is 9.86. The Morgan fingerprint density at radius 3 is 2.29 bits per heavy atom. The molecule has 1 aliphatic rings. The Morgan fingerprint density at radius 2 is 1.82 bits per heavy atom. The standard InChI is InChI=1S/C19H25F3N2O4/c1-14(2)24(9-15-7-5-4-6-8-15)17(26)28-13-18(11-27-12-18)10-23(3)16(25)19(20,21)22/h4-8,14H,9-13H2,1-3H3. The zero-order chi connectivity index (χ0) is 20.9. The molecule has 0 aromatic heterocycles. The van der Waals surface area contributed by atoms with Crippen LogP contribution in [0.2, 0.25) is 0 Å². The molecule has 28 heavy (non-hydrogen) atoms. The van der Waals surface area contributed by atoms with Gasteiger partial charge in [0.2, 0.25) is 0 Å². The minimum Gasteiger partial charge on any atom is -0.449 e. The quantitative estimate of drug-likeness (QED) is 0.703. The van der Waals surface area contributed by atoms with Gasteiger partial charge in [0, 0.05) is 26.2 Å². The summed E-state index contributed by atoms with van der Waals surface area (Å²) in [5.41, 5.74) is 0.103. The Balaban J connectivity index is 1.97. The SMILES string of the molecule is CC(C)N(Cc1ccccc1)C(=O)OCC1(CN(C)C(=O)C(F)(F)F)COC1. The Kier molecular flexibility index (Phi) is 6.92. The lowest BCUT2D eigenvalue weighted by Gasteiger charge is -2.43. The van der Waals surface area contributed by atoms with Gasteiger partial charge < -0.3 is 19.3 Å². The van der Waals surface area contributed by atoms with Crippen molar-refractivity contribution in [3.63, 3.8) is 0 Å². The zero-order valence-electron chi connectivity index (χ0n) is 16.2. The highest BCUT2D eigenvalue weighted by Gasteiger charge is 2.47. The van der Waals surface area contributed by atoms with E-state index in [1.807, 2.05) is 44.2 Å². The van der Waals surface area contributed by atoms with E-state index in [1.165, 1.54) is 4.90 Å². The molecular formula is C19H25F3N2O4. The third-order valence-corrected chi connectivity index (χ3v) is 4.53. The number of benzene rings is 1. The van der Waals surface area contributed by atoms with E-state index in [4.69, 9.17) is 9.47 Å². The number of hydrogen-bond acceptors (Lipinski definition) is 4. The molecular weight excluding hydrogens is 377 g/mol. The summed E-state index contributed by atoms with van der Waals surface area (Å²) >= 11 is 0. The van der Waals surface area contributed by atoms with Gasteiger partial charge in [-0.05, 0) is 19.4 Å². The summed E-state index contributed by atoms with van der Waals surface area (Å²) in [5, 5.41) is 0. The maximum absolute atomic E-state index is 12.6. The lowest BCUT2D eigenvalue weighted by molar-refractivity contribution is -0.193. The first-order valence-corrected chi connectivity index (χ1v) is 8.91. The zero-order valence-corrected chi connectivity index (χ0v) is 16.2. The van der Waals surface area contributed by atoms with E-state index in [0.29, 0.717) is 11.4 Å². The van der Waals surface area contributed by atoms with Crippen LogP contribution in [0.15, 0.2) is 30.3 Å². The average molecular weight is 402 g/mol. The van der Waals surface area contributed by atoms with Crippen molar-refractivity contribution in [2.24, 2.45) is 5.41 Å². The van der Waals surface area contributed by atoms with Crippen LogP contribution in [0.3, 0.4) is 0 Å². The second-order valence-corrected chi connectivity index (χ2v) is 7.41. The summed E-state index contributed by atoms with van der Waals surface area (Å²) in [6.07, 6.45) is -5.50. The van der Waals surface area contributed by atoms with Gasteiger partial charge in [0.05, 0.1) is 18.6 Å². The highest BCUT2D eigenvalue weighted by Crippen LogP contribution is 2.30. The second-order valence-electron chi connectivity index (χ2n) is 7.41. The summed E-state index contributed by atoms with van der Waals surface area (Å²) in [6.45, 7) is 3.96. The van der Waals surface area contributed by atoms with E-state index < -0.39 is 23.6 Å². The molecule has 0 N–H and O–H groups in total. The van der Waals surface area contributed by atoms with Crippen molar-refractivity contribution in [3.05, 3.63) is 35.9 Å². The minimum atomic E-state index is -4.94. The van der Waals surface area contributed by atoms with Crippen LogP contribution in [0.1, 0.15) is 19.4 Å². The molecule has 0 bridgehead atoms. The van der Waals surface area contributed by atoms with Crippen LogP contribution in [0.25, 0.3) is 0 Å². The van der Waals surface area contributed by atoms with Gasteiger partial charge in [-0.25, -0.2) is 4.79 Å². The normalized spacial score (nSPS) is 15.7. The van der Waals surface area contributed by atoms with E-state index in [2.05, 4.69) is 0 Å². The Morgan fingerprint density at radius 1 is 1.21 bits per heavy atom. The Labute approximate surface area is 162 Å². The smallest absolute Gasteiger partial charge is 0.449 e. The first-order valence-electron chi connectivity index (χ1n) is 8.91. The number of carbonyl (C=O) groups is 2. The largest absolute Gasteiger partial charge is 0.471 e. The molecule has 0 unspecified atom stereocenters. The van der Waals surface area contributed by atoms with Crippen molar-refractivity contribution in [1.29, 1.82) is 0 Å². The number of hydrogen-bond donors (Lipinski definition) is 0. The number of ether oxygens (including phenoxy) is 2. The fraction of sp³-hybridized carbons (Fsp3) is 0.579. The molecule has 0 saturated carbocycles. The highest BCUT2D eigenvalue weighted by atomic mass is 19.4. The molecule has 0 spiro atoms. The maximum Gasteiger partial charge on any atom is 0.471 e. The third-order valence-electron chi connectivity index (χ3n) is 4.53. The van der Waals surface area contributed by atoms with Crippen molar-refractivity contribution < 1.29 is 32.2 Å². The van der Waals surface area contributed by atoms with Gasteiger partial charge in [-0.3, -0.25) is 4.79 Å². The van der Waals surface area contributed by atoms with Gasteiger partial charge in [0.25, 0.3) is 0 Å². The van der Waals surface area contributed by atoms with Gasteiger partial charge in [-0.1, -0.05) is 30.3 Å². The van der Waals surface area contributed by atoms with Gasteiger partial charge in [0.15, 0.2) is 0 Å². The van der Waals surface area contributed by atoms with E-state index in [0.717, 1.165) is 12.6 Å². The molecule has 0 atom stereocenters. The van der Waals surface area contributed by atoms with Crippen molar-refractivity contribution in [3.8, 4) is 0 Å². The molecule has 156 valence electrons. The van der Waals surface area contributed by atoms with E-state index in [-0.39, 0.29) is 32.4 Å². The number of halogens is 3. The highest BCUT2D eigenvalue weighted by molar-refractivity contribution is 5.81. The fourth-order valence-electron chi connectivity index (χ4n) is 2.94. The van der Waals surface area contributed by atoms with Crippen molar-refractivity contribution in [2.75, 3.05) is 33.4 Å². The molecule has 2 amide bonds. The van der Waals surface area contributed by atoms with Crippen LogP contribution < -0.4 is 0 Å². The van der Waals surface area contributed by atoms with Gasteiger partial charge >= 0.3 is 18.2 Å². The number of rotatable bonds is 7. The number of alkyl halides is 3. The van der Waals surface area contributed by atoms with Crippen LogP contribution >= 0.6 is 0 Å². The number of nitrogens with zero attached hydrogens (tertiary/aromatic N) is 2. The molecule has 9 heteroatoms. The van der Waals surface area contributed by atoms with Crippen molar-refractivity contribution in [1.82, 2.24) is 9.80 Å². The van der Waals surface area contributed by atoms with Crippen molar-refractivity contribution >= 4 is 12.0 Å². The predicted octanol–water partition coefficient (Wildman–Crippen LogP) is 3.07. The van der Waals surface area contributed by atoms with Crippen LogP contribution in [0.4, 0.5) is 18.0 Å². The first kappa shape index (κ1) is 22.0. The molecule has 1 fully saturated rings. The third kappa shape index (κ3) is 5.60. The van der Waals surface area contributed by atoms with E-state index in [1.54, 1.807) is 0 Å². The fourth-order valence-corrected chi connectivity index (χ4v) is 2.94. The minimum absolute atomic E-state index is 0.121. The van der Waals surface area contributed by atoms with Crippen LogP contribution in [-0.4, -0.2) is 67.4 Å². The summed E-state index contributed by atoms with van der Waals surface area (Å²) in [5.74, 6) is -1.93. The van der Waals surface area contributed by atoms with Crippen LogP contribution in [0, 0.1) is 5.41 Å². The first-order chi connectivity index (χ1) is 13.0. The average Bonchev–Trinajstić information content (AvgIpc) is 2.60. The topological polar surface area (TPSA) is 59.1 Å². The van der Waals surface area contributed by atoms with Gasteiger partial charge in [-0.2, -0.15) is 13.2 Å². The molecule has 1 aliphatic heterocycles. The molecule has 1 heterocycles. The van der Waals surface area contributed by atoms with Gasteiger partial charge in [0.1, 0.15) is 6.61 Å². The number of carbonyl (C=O) groups excluding carboxylic acids is 2.